The van der Waals surface area contributed by atoms with Crippen LogP contribution in [-0.2, 0) is 0 Å². The molecule has 2 heteroatoms. The number of rotatable bonds is 3. The third-order valence-electron chi connectivity index (χ3n) is 2.77. The molecule has 0 heterocycles. The van der Waals surface area contributed by atoms with Crippen molar-refractivity contribution >= 4 is 0 Å². The molecule has 0 bridgehead atoms. The van der Waals surface area contributed by atoms with Crippen LogP contribution in [0.5, 0.6) is 0 Å². The molecule has 1 saturated carbocycles. The van der Waals surface area contributed by atoms with Gasteiger partial charge in [-0.3, -0.25) is 4.90 Å². The Bertz CT molecular complexity index is 134. The highest BCUT2D eigenvalue weighted by Crippen LogP contribution is 2.41. The summed E-state index contributed by atoms with van der Waals surface area (Å²) in [4.78, 5) is 2.06. The third kappa shape index (κ3) is 1.94. The number of nitrogens with zero attached hydrogens (tertiary/aromatic N) is 1. The highest BCUT2D eigenvalue weighted by atomic mass is 16.3. The topological polar surface area (TPSA) is 23.5 Å². The van der Waals surface area contributed by atoms with Crippen LogP contribution in [0.25, 0.3) is 0 Å². The van der Waals surface area contributed by atoms with E-state index in [4.69, 9.17) is 0 Å². The molecule has 1 rings (SSSR count). The van der Waals surface area contributed by atoms with E-state index in [1.807, 2.05) is 14.0 Å². The maximum absolute atomic E-state index is 9.26. The molecule has 0 aromatic carbocycles. The molecule has 2 nitrogen and oxygen atoms in total. The van der Waals surface area contributed by atoms with Crippen molar-refractivity contribution in [1.82, 2.24) is 4.90 Å². The minimum Gasteiger partial charge on any atom is -0.379 e. The molecule has 0 amide bonds. The van der Waals surface area contributed by atoms with Crippen LogP contribution in [0.15, 0.2) is 0 Å². The molecule has 1 aliphatic rings. The lowest BCUT2D eigenvalue weighted by Crippen LogP contribution is -2.32. The summed E-state index contributed by atoms with van der Waals surface area (Å²) < 4.78 is 0. The molecule has 0 saturated heterocycles. The lowest BCUT2D eigenvalue weighted by Gasteiger charge is -2.20. The van der Waals surface area contributed by atoms with Crippen molar-refractivity contribution < 1.29 is 5.11 Å². The first-order valence-electron chi connectivity index (χ1n) is 4.44. The van der Waals surface area contributed by atoms with Gasteiger partial charge in [0.1, 0.15) is 6.23 Å². The molecular weight excluding hydrogens is 138 g/mol. The Labute approximate surface area is 69.2 Å². The van der Waals surface area contributed by atoms with Crippen molar-refractivity contribution in [3.05, 3.63) is 0 Å². The van der Waals surface area contributed by atoms with Gasteiger partial charge in [-0.1, -0.05) is 13.8 Å². The van der Waals surface area contributed by atoms with Crippen molar-refractivity contribution in [3.8, 4) is 0 Å². The second kappa shape index (κ2) is 3.11. The van der Waals surface area contributed by atoms with E-state index in [2.05, 4.69) is 18.7 Å². The predicted molar refractivity (Wildman–Crippen MR) is 46.2 cm³/mol. The van der Waals surface area contributed by atoms with Crippen LogP contribution in [0.1, 0.15) is 27.2 Å². The summed E-state index contributed by atoms with van der Waals surface area (Å²) in [5, 5.41) is 9.26. The first-order chi connectivity index (χ1) is 5.04. The second-order valence-electron chi connectivity index (χ2n) is 4.01. The molecule has 11 heavy (non-hydrogen) atoms. The standard InChI is InChI=1S/C9H19NO/c1-6(2)8-5-9(8)10(4)7(3)11/h6-9,11H,5H2,1-4H3. The van der Waals surface area contributed by atoms with Crippen LogP contribution >= 0.6 is 0 Å². The molecule has 0 aromatic rings. The Hall–Kier alpha value is -0.0800. The highest BCUT2D eigenvalue weighted by Gasteiger charge is 2.42. The van der Waals surface area contributed by atoms with E-state index < -0.39 is 0 Å². The number of hydrogen-bond donors (Lipinski definition) is 1. The van der Waals surface area contributed by atoms with Crippen LogP contribution in [0.2, 0.25) is 0 Å². The smallest absolute Gasteiger partial charge is 0.104 e. The van der Waals surface area contributed by atoms with Gasteiger partial charge in [-0.25, -0.2) is 0 Å². The average molecular weight is 157 g/mol. The van der Waals surface area contributed by atoms with Crippen molar-refractivity contribution in [2.24, 2.45) is 11.8 Å². The van der Waals surface area contributed by atoms with Crippen LogP contribution < -0.4 is 0 Å². The second-order valence-corrected chi connectivity index (χ2v) is 4.01. The molecule has 1 fully saturated rings. The molecule has 0 aromatic heterocycles. The summed E-state index contributed by atoms with van der Waals surface area (Å²) in [5.74, 6) is 1.58. The number of aliphatic hydroxyl groups excluding tert-OH is 1. The van der Waals surface area contributed by atoms with Gasteiger partial charge < -0.3 is 5.11 Å². The van der Waals surface area contributed by atoms with Gasteiger partial charge >= 0.3 is 0 Å². The first-order valence-corrected chi connectivity index (χ1v) is 4.44. The van der Waals surface area contributed by atoms with Crippen molar-refractivity contribution in [2.75, 3.05) is 7.05 Å². The zero-order chi connectivity index (χ0) is 8.59. The summed E-state index contributed by atoms with van der Waals surface area (Å²) in [6, 6.07) is 0.634. The van der Waals surface area contributed by atoms with Gasteiger partial charge in [0.2, 0.25) is 0 Å². The Morgan fingerprint density at radius 2 is 1.91 bits per heavy atom. The summed E-state index contributed by atoms with van der Waals surface area (Å²) in [6.07, 6.45) is 0.975. The van der Waals surface area contributed by atoms with E-state index >= 15 is 0 Å². The van der Waals surface area contributed by atoms with E-state index in [0.29, 0.717) is 6.04 Å². The van der Waals surface area contributed by atoms with Crippen LogP contribution in [-0.4, -0.2) is 29.3 Å². The minimum atomic E-state index is -0.288. The highest BCUT2D eigenvalue weighted by molar-refractivity contribution is 4.95. The fourth-order valence-corrected chi connectivity index (χ4v) is 1.66. The SMILES string of the molecule is CC(C)C1CC1N(C)C(C)O. The predicted octanol–water partition coefficient (Wildman–Crippen LogP) is 1.30. The van der Waals surface area contributed by atoms with Gasteiger partial charge in [-0.05, 0) is 32.2 Å². The van der Waals surface area contributed by atoms with Gasteiger partial charge in [0, 0.05) is 6.04 Å². The van der Waals surface area contributed by atoms with E-state index in [-0.39, 0.29) is 6.23 Å². The summed E-state index contributed by atoms with van der Waals surface area (Å²) >= 11 is 0. The Balaban J connectivity index is 2.31. The van der Waals surface area contributed by atoms with E-state index in [9.17, 15) is 5.11 Å². The van der Waals surface area contributed by atoms with Crippen molar-refractivity contribution in [3.63, 3.8) is 0 Å². The Kier molecular flexibility index (Phi) is 2.55. The molecular formula is C9H19NO. The third-order valence-corrected chi connectivity index (χ3v) is 2.77. The molecule has 1 N–H and O–H groups in total. The summed E-state index contributed by atoms with van der Waals surface area (Å²) in [7, 11) is 2.00. The lowest BCUT2D eigenvalue weighted by atomic mass is 10.1. The summed E-state index contributed by atoms with van der Waals surface area (Å²) in [6.45, 7) is 6.33. The zero-order valence-electron chi connectivity index (χ0n) is 7.91. The largest absolute Gasteiger partial charge is 0.379 e. The van der Waals surface area contributed by atoms with Gasteiger partial charge in [-0.15, -0.1) is 0 Å². The lowest BCUT2D eigenvalue weighted by molar-refractivity contribution is 0.0277. The maximum atomic E-state index is 9.26. The maximum Gasteiger partial charge on any atom is 0.104 e. The minimum absolute atomic E-state index is 0.288. The van der Waals surface area contributed by atoms with Gasteiger partial charge in [-0.2, -0.15) is 0 Å². The quantitative estimate of drug-likeness (QED) is 0.624. The molecule has 0 radical (unpaired) electrons. The molecule has 1 aliphatic carbocycles. The molecule has 3 atom stereocenters. The zero-order valence-corrected chi connectivity index (χ0v) is 7.91. The van der Waals surface area contributed by atoms with Crippen LogP contribution in [0.4, 0.5) is 0 Å². The van der Waals surface area contributed by atoms with Crippen molar-refractivity contribution in [1.29, 1.82) is 0 Å². The van der Waals surface area contributed by atoms with E-state index in [1.165, 1.54) is 6.42 Å². The van der Waals surface area contributed by atoms with E-state index in [1.54, 1.807) is 0 Å². The fourth-order valence-electron chi connectivity index (χ4n) is 1.66. The van der Waals surface area contributed by atoms with Gasteiger partial charge in [0.25, 0.3) is 0 Å². The van der Waals surface area contributed by atoms with Gasteiger partial charge in [0.05, 0.1) is 0 Å². The number of hydrogen-bond acceptors (Lipinski definition) is 2. The normalized spacial score (nSPS) is 33.0. The Morgan fingerprint density at radius 1 is 1.36 bits per heavy atom. The molecule has 0 spiro atoms. The van der Waals surface area contributed by atoms with Crippen molar-refractivity contribution in [2.45, 2.75) is 39.5 Å². The monoisotopic (exact) mass is 157 g/mol. The average Bonchev–Trinajstić information content (AvgIpc) is 2.63. The fraction of sp³-hybridized carbons (Fsp3) is 1.00. The Morgan fingerprint density at radius 3 is 2.18 bits per heavy atom. The van der Waals surface area contributed by atoms with Crippen LogP contribution in [0.3, 0.4) is 0 Å². The first kappa shape index (κ1) is 9.01. The molecule has 0 aliphatic heterocycles. The molecule has 66 valence electrons. The van der Waals surface area contributed by atoms with Crippen LogP contribution in [0, 0.1) is 11.8 Å². The number of aliphatic hydroxyl groups is 1. The van der Waals surface area contributed by atoms with E-state index in [0.717, 1.165) is 11.8 Å². The van der Waals surface area contributed by atoms with Gasteiger partial charge in [0.15, 0.2) is 0 Å². The molecule has 3 unspecified atom stereocenters. The summed E-state index contributed by atoms with van der Waals surface area (Å²) in [5.41, 5.74) is 0.